The molecule has 0 atom stereocenters. The SMILES string of the molecule is COc1cc(OC)c(OC)cc1NC(=O)Nc1nnc(C(F)(F)F)s1. The number of amides is 2. The summed E-state index contributed by atoms with van der Waals surface area (Å²) in [5, 5.41) is 9.38. The maximum atomic E-state index is 12.5. The molecule has 1 aromatic carbocycles. The molecule has 2 amide bonds. The Bertz CT molecular complexity index is 766. The van der Waals surface area contributed by atoms with E-state index >= 15 is 0 Å². The van der Waals surface area contributed by atoms with Crippen molar-refractivity contribution in [2.24, 2.45) is 0 Å². The summed E-state index contributed by atoms with van der Waals surface area (Å²) in [5.74, 6) is 0.971. The summed E-state index contributed by atoms with van der Waals surface area (Å²) < 4.78 is 52.8. The van der Waals surface area contributed by atoms with Gasteiger partial charge in [0.2, 0.25) is 10.1 Å². The van der Waals surface area contributed by atoms with E-state index in [4.69, 9.17) is 14.2 Å². The van der Waals surface area contributed by atoms with E-state index in [9.17, 15) is 18.0 Å². The first-order chi connectivity index (χ1) is 11.8. The molecule has 0 bridgehead atoms. The average molecular weight is 378 g/mol. The minimum absolute atomic E-state index is 0.207. The molecule has 0 aliphatic carbocycles. The van der Waals surface area contributed by atoms with Crippen molar-refractivity contribution in [3.05, 3.63) is 17.1 Å². The van der Waals surface area contributed by atoms with E-state index in [1.54, 1.807) is 0 Å². The van der Waals surface area contributed by atoms with Gasteiger partial charge in [0.25, 0.3) is 0 Å². The van der Waals surface area contributed by atoms with Crippen LogP contribution in [0.1, 0.15) is 5.01 Å². The van der Waals surface area contributed by atoms with Crippen LogP contribution in [-0.4, -0.2) is 37.6 Å². The van der Waals surface area contributed by atoms with Gasteiger partial charge in [0.1, 0.15) is 5.75 Å². The third-order valence-electron chi connectivity index (χ3n) is 2.84. The molecule has 1 heterocycles. The van der Waals surface area contributed by atoms with Gasteiger partial charge in [-0.2, -0.15) is 13.2 Å². The largest absolute Gasteiger partial charge is 0.494 e. The highest BCUT2D eigenvalue weighted by molar-refractivity contribution is 7.15. The molecule has 2 rings (SSSR count). The van der Waals surface area contributed by atoms with E-state index in [2.05, 4.69) is 20.8 Å². The molecule has 0 saturated carbocycles. The van der Waals surface area contributed by atoms with Gasteiger partial charge in [0, 0.05) is 12.1 Å². The standard InChI is InChI=1S/C13H13F3N4O4S/c1-22-7-5-9(24-3)8(23-2)4-6(7)17-11(21)18-12-20-19-10(25-12)13(14,15)16/h4-5H,1-3H3,(H2,17,18,20,21). The Morgan fingerprint density at radius 2 is 1.60 bits per heavy atom. The number of anilines is 2. The number of urea groups is 1. The van der Waals surface area contributed by atoms with Crippen LogP contribution in [0.3, 0.4) is 0 Å². The first-order valence-corrected chi connectivity index (χ1v) is 7.38. The number of aromatic nitrogens is 2. The van der Waals surface area contributed by atoms with Gasteiger partial charge in [-0.15, -0.1) is 10.2 Å². The Balaban J connectivity index is 2.16. The molecule has 0 aliphatic rings. The minimum atomic E-state index is -4.62. The van der Waals surface area contributed by atoms with E-state index in [1.165, 1.54) is 33.5 Å². The molecule has 0 unspecified atom stereocenters. The molecule has 0 radical (unpaired) electrons. The lowest BCUT2D eigenvalue weighted by Gasteiger charge is -2.14. The zero-order valence-electron chi connectivity index (χ0n) is 13.2. The van der Waals surface area contributed by atoms with Gasteiger partial charge in [-0.05, 0) is 0 Å². The Morgan fingerprint density at radius 1 is 1.00 bits per heavy atom. The van der Waals surface area contributed by atoms with Gasteiger partial charge in [-0.1, -0.05) is 11.3 Å². The monoisotopic (exact) mass is 378 g/mol. The summed E-state index contributed by atoms with van der Waals surface area (Å²) >= 11 is 0.207. The van der Waals surface area contributed by atoms with Crippen LogP contribution >= 0.6 is 11.3 Å². The fourth-order valence-corrected chi connectivity index (χ4v) is 2.37. The fourth-order valence-electron chi connectivity index (χ4n) is 1.77. The molecular weight excluding hydrogens is 365 g/mol. The first-order valence-electron chi connectivity index (χ1n) is 6.57. The van der Waals surface area contributed by atoms with Gasteiger partial charge in [-0.25, -0.2) is 4.79 Å². The lowest BCUT2D eigenvalue weighted by Crippen LogP contribution is -2.19. The molecule has 0 saturated heterocycles. The van der Waals surface area contributed by atoms with E-state index in [1.807, 2.05) is 0 Å². The number of nitrogens with zero attached hydrogens (tertiary/aromatic N) is 2. The van der Waals surface area contributed by atoms with E-state index in [0.29, 0.717) is 11.5 Å². The minimum Gasteiger partial charge on any atom is -0.494 e. The average Bonchev–Trinajstić information content (AvgIpc) is 3.02. The van der Waals surface area contributed by atoms with E-state index < -0.39 is 17.2 Å². The highest BCUT2D eigenvalue weighted by atomic mass is 32.1. The zero-order valence-corrected chi connectivity index (χ0v) is 14.0. The number of carbonyl (C=O) groups is 1. The molecule has 2 aromatic rings. The molecule has 0 aliphatic heterocycles. The van der Waals surface area contributed by atoms with Crippen LogP contribution in [0, 0.1) is 0 Å². The quantitative estimate of drug-likeness (QED) is 0.830. The number of methoxy groups -OCH3 is 3. The van der Waals surface area contributed by atoms with Gasteiger partial charge in [-0.3, -0.25) is 5.32 Å². The van der Waals surface area contributed by atoms with Crippen LogP contribution in [0.4, 0.5) is 28.8 Å². The number of ether oxygens (including phenoxy) is 3. The summed E-state index contributed by atoms with van der Waals surface area (Å²) in [5.41, 5.74) is 0.221. The van der Waals surface area contributed by atoms with Gasteiger partial charge in [0.15, 0.2) is 11.5 Å². The number of hydrogen-bond acceptors (Lipinski definition) is 7. The Morgan fingerprint density at radius 3 is 2.12 bits per heavy atom. The number of hydrogen-bond donors (Lipinski definition) is 2. The third-order valence-corrected chi connectivity index (χ3v) is 3.73. The maximum Gasteiger partial charge on any atom is 0.445 e. The highest BCUT2D eigenvalue weighted by Gasteiger charge is 2.35. The van der Waals surface area contributed by atoms with Crippen molar-refractivity contribution in [1.82, 2.24) is 10.2 Å². The lowest BCUT2D eigenvalue weighted by molar-refractivity contribution is -0.138. The third kappa shape index (κ3) is 4.41. The maximum absolute atomic E-state index is 12.5. The summed E-state index contributed by atoms with van der Waals surface area (Å²) in [7, 11) is 4.23. The number of rotatable bonds is 5. The van der Waals surface area contributed by atoms with Crippen LogP contribution < -0.4 is 24.8 Å². The summed E-state index contributed by atoms with van der Waals surface area (Å²) in [6.07, 6.45) is -4.62. The van der Waals surface area contributed by atoms with Crippen LogP contribution in [0.15, 0.2) is 12.1 Å². The van der Waals surface area contributed by atoms with E-state index in [-0.39, 0.29) is 27.9 Å². The van der Waals surface area contributed by atoms with Crippen molar-refractivity contribution in [3.63, 3.8) is 0 Å². The lowest BCUT2D eigenvalue weighted by atomic mass is 10.2. The van der Waals surface area contributed by atoms with E-state index in [0.717, 1.165) is 0 Å². The predicted octanol–water partition coefficient (Wildman–Crippen LogP) is 3.23. The molecule has 0 fully saturated rings. The summed E-state index contributed by atoms with van der Waals surface area (Å²) in [6, 6.07) is 2.11. The Labute approximate surface area is 143 Å². The van der Waals surface area contributed by atoms with Crippen molar-refractivity contribution < 1.29 is 32.2 Å². The molecule has 8 nitrogen and oxygen atoms in total. The molecular formula is C13H13F3N4O4S. The second kappa shape index (κ2) is 7.42. The number of benzene rings is 1. The molecule has 1 aromatic heterocycles. The van der Waals surface area contributed by atoms with Crippen molar-refractivity contribution in [2.45, 2.75) is 6.18 Å². The molecule has 2 N–H and O–H groups in total. The number of alkyl halides is 3. The van der Waals surface area contributed by atoms with Crippen LogP contribution in [-0.2, 0) is 6.18 Å². The zero-order chi connectivity index (χ0) is 18.6. The number of carbonyl (C=O) groups excluding carboxylic acids is 1. The highest BCUT2D eigenvalue weighted by Crippen LogP contribution is 2.38. The molecule has 12 heteroatoms. The van der Waals surface area contributed by atoms with Gasteiger partial charge < -0.3 is 19.5 Å². The fraction of sp³-hybridized carbons (Fsp3) is 0.308. The number of nitrogens with one attached hydrogen (secondary N) is 2. The Hall–Kier alpha value is -2.76. The molecule has 136 valence electrons. The topological polar surface area (TPSA) is 94.6 Å². The second-order valence-corrected chi connectivity index (χ2v) is 5.37. The second-order valence-electron chi connectivity index (χ2n) is 4.40. The smallest absolute Gasteiger partial charge is 0.445 e. The molecule has 0 spiro atoms. The van der Waals surface area contributed by atoms with Crippen LogP contribution in [0.25, 0.3) is 0 Å². The number of halogens is 3. The van der Waals surface area contributed by atoms with Crippen molar-refractivity contribution in [1.29, 1.82) is 0 Å². The predicted molar refractivity (Wildman–Crippen MR) is 83.7 cm³/mol. The first kappa shape index (κ1) is 18.6. The Kier molecular flexibility index (Phi) is 5.51. The van der Waals surface area contributed by atoms with Gasteiger partial charge in [0.05, 0.1) is 27.0 Å². The molecule has 25 heavy (non-hydrogen) atoms. The van der Waals surface area contributed by atoms with Crippen molar-refractivity contribution in [3.8, 4) is 17.2 Å². The van der Waals surface area contributed by atoms with Crippen molar-refractivity contribution >= 4 is 28.2 Å². The van der Waals surface area contributed by atoms with Crippen molar-refractivity contribution in [2.75, 3.05) is 32.0 Å². The summed E-state index contributed by atoms with van der Waals surface area (Å²) in [4.78, 5) is 12.0. The van der Waals surface area contributed by atoms with Gasteiger partial charge >= 0.3 is 12.2 Å². The van der Waals surface area contributed by atoms with Crippen LogP contribution in [0.2, 0.25) is 0 Å². The normalized spacial score (nSPS) is 11.0. The summed E-state index contributed by atoms with van der Waals surface area (Å²) in [6.45, 7) is 0. The van der Waals surface area contributed by atoms with Crippen LogP contribution in [0.5, 0.6) is 17.2 Å².